The minimum atomic E-state index is -0.805. The summed E-state index contributed by atoms with van der Waals surface area (Å²) in [6, 6.07) is 9.29. The highest BCUT2D eigenvalue weighted by atomic mass is 32.1. The van der Waals surface area contributed by atoms with E-state index in [0.717, 1.165) is 16.0 Å². The van der Waals surface area contributed by atoms with Crippen LogP contribution in [-0.4, -0.2) is 18.2 Å². The number of carbonyl (C=O) groups is 1. The van der Waals surface area contributed by atoms with Crippen LogP contribution in [0.25, 0.3) is 0 Å². The van der Waals surface area contributed by atoms with Crippen LogP contribution < -0.4 is 4.74 Å². The van der Waals surface area contributed by atoms with E-state index in [4.69, 9.17) is 4.74 Å². The lowest BCUT2D eigenvalue weighted by molar-refractivity contribution is -0.138. The highest BCUT2D eigenvalue weighted by Crippen LogP contribution is 2.28. The van der Waals surface area contributed by atoms with E-state index in [1.807, 2.05) is 36.6 Å². The van der Waals surface area contributed by atoms with Crippen molar-refractivity contribution in [2.24, 2.45) is 0 Å². The van der Waals surface area contributed by atoms with Crippen molar-refractivity contribution in [2.75, 3.05) is 7.11 Å². The second-order valence-corrected chi connectivity index (χ2v) is 5.40. The Hall–Kier alpha value is -1.81. The summed E-state index contributed by atoms with van der Waals surface area (Å²) in [6.45, 7) is 2.01. The molecule has 0 aliphatic heterocycles. The molecule has 0 spiro atoms. The first-order chi connectivity index (χ1) is 9.11. The molecule has 0 saturated carbocycles. The van der Waals surface area contributed by atoms with Gasteiger partial charge >= 0.3 is 5.97 Å². The summed E-state index contributed by atoms with van der Waals surface area (Å²) >= 11 is 1.61. The molecule has 0 aliphatic rings. The normalized spacial score (nSPS) is 12.1. The lowest BCUT2D eigenvalue weighted by Gasteiger charge is -2.13. The summed E-state index contributed by atoms with van der Waals surface area (Å²) in [5.74, 6) is -0.653. The van der Waals surface area contributed by atoms with E-state index in [1.54, 1.807) is 24.5 Å². The van der Waals surface area contributed by atoms with Crippen LogP contribution in [0.15, 0.2) is 35.7 Å². The predicted octanol–water partition coefficient (Wildman–Crippen LogP) is 3.48. The number of rotatable bonds is 5. The van der Waals surface area contributed by atoms with Crippen LogP contribution in [0.5, 0.6) is 5.75 Å². The zero-order chi connectivity index (χ0) is 13.8. The molecule has 2 aromatic rings. The summed E-state index contributed by atoms with van der Waals surface area (Å²) in [4.78, 5) is 12.6. The van der Waals surface area contributed by atoms with Crippen molar-refractivity contribution in [1.82, 2.24) is 0 Å². The highest BCUT2D eigenvalue weighted by Gasteiger charge is 2.22. The predicted molar refractivity (Wildman–Crippen MR) is 76.1 cm³/mol. The van der Waals surface area contributed by atoms with Crippen LogP contribution in [0.1, 0.15) is 21.9 Å². The lowest BCUT2D eigenvalue weighted by Crippen LogP contribution is -2.14. The second-order valence-electron chi connectivity index (χ2n) is 4.40. The fraction of sp³-hybridized carbons (Fsp3) is 0.267. The van der Waals surface area contributed by atoms with Gasteiger partial charge in [-0.2, -0.15) is 0 Å². The maximum Gasteiger partial charge on any atom is 0.311 e. The van der Waals surface area contributed by atoms with Crippen LogP contribution in [-0.2, 0) is 11.2 Å². The Morgan fingerprint density at radius 1 is 1.42 bits per heavy atom. The third-order valence-electron chi connectivity index (χ3n) is 3.15. The molecule has 1 N–H and O–H groups in total. The molecule has 2 rings (SSSR count). The number of ether oxygens (including phenoxy) is 1. The topological polar surface area (TPSA) is 46.5 Å². The number of carboxylic acid groups (broad SMARTS) is 1. The van der Waals surface area contributed by atoms with E-state index < -0.39 is 11.9 Å². The Kier molecular flexibility index (Phi) is 4.22. The Bertz CT molecular complexity index is 574. The van der Waals surface area contributed by atoms with E-state index in [0.29, 0.717) is 12.2 Å². The van der Waals surface area contributed by atoms with Crippen molar-refractivity contribution < 1.29 is 14.6 Å². The summed E-state index contributed by atoms with van der Waals surface area (Å²) in [7, 11) is 1.58. The Balaban J connectivity index is 2.29. The molecule has 1 heterocycles. The van der Waals surface area contributed by atoms with Gasteiger partial charge in [0.1, 0.15) is 5.75 Å². The third-order valence-corrected chi connectivity index (χ3v) is 4.20. The summed E-state index contributed by atoms with van der Waals surface area (Å²) < 4.78 is 5.15. The maximum atomic E-state index is 11.5. The molecule has 0 radical (unpaired) electrons. The third kappa shape index (κ3) is 3.15. The van der Waals surface area contributed by atoms with E-state index in [2.05, 4.69) is 0 Å². The van der Waals surface area contributed by atoms with Gasteiger partial charge in [-0.05, 0) is 48.1 Å². The lowest BCUT2D eigenvalue weighted by atomic mass is 9.94. The molecule has 1 atom stereocenters. The Morgan fingerprint density at radius 2 is 2.21 bits per heavy atom. The van der Waals surface area contributed by atoms with Crippen molar-refractivity contribution in [3.05, 3.63) is 51.7 Å². The molecular weight excluding hydrogens is 260 g/mol. The SMILES string of the molecule is COc1cccc(C(Cc2sccc2C)C(=O)O)c1. The van der Waals surface area contributed by atoms with Crippen molar-refractivity contribution in [3.63, 3.8) is 0 Å². The van der Waals surface area contributed by atoms with E-state index in [1.165, 1.54) is 0 Å². The molecular formula is C15H16O3S. The van der Waals surface area contributed by atoms with E-state index >= 15 is 0 Å². The van der Waals surface area contributed by atoms with Gasteiger partial charge in [0.05, 0.1) is 13.0 Å². The maximum absolute atomic E-state index is 11.5. The highest BCUT2D eigenvalue weighted by molar-refractivity contribution is 7.10. The molecule has 100 valence electrons. The number of benzene rings is 1. The number of hydrogen-bond acceptors (Lipinski definition) is 3. The van der Waals surface area contributed by atoms with Gasteiger partial charge in [0.15, 0.2) is 0 Å². The fourth-order valence-corrected chi connectivity index (χ4v) is 2.96. The second kappa shape index (κ2) is 5.89. The largest absolute Gasteiger partial charge is 0.497 e. The summed E-state index contributed by atoms with van der Waals surface area (Å²) in [5, 5.41) is 11.4. The van der Waals surface area contributed by atoms with Crippen LogP contribution in [0.4, 0.5) is 0 Å². The van der Waals surface area contributed by atoms with Crippen molar-refractivity contribution in [2.45, 2.75) is 19.3 Å². The molecule has 0 fully saturated rings. The minimum absolute atomic E-state index is 0.520. The van der Waals surface area contributed by atoms with Gasteiger partial charge in [0.2, 0.25) is 0 Å². The molecule has 1 unspecified atom stereocenters. The van der Waals surface area contributed by atoms with Crippen LogP contribution in [0.2, 0.25) is 0 Å². The van der Waals surface area contributed by atoms with Gasteiger partial charge in [-0.25, -0.2) is 0 Å². The molecule has 1 aromatic heterocycles. The number of methoxy groups -OCH3 is 1. The average Bonchev–Trinajstić information content (AvgIpc) is 2.81. The van der Waals surface area contributed by atoms with E-state index in [-0.39, 0.29) is 0 Å². The van der Waals surface area contributed by atoms with Crippen molar-refractivity contribution in [3.8, 4) is 5.75 Å². The number of carboxylic acids is 1. The Labute approximate surface area is 116 Å². The van der Waals surface area contributed by atoms with Gasteiger partial charge in [-0.15, -0.1) is 11.3 Å². The molecule has 3 nitrogen and oxygen atoms in total. The zero-order valence-electron chi connectivity index (χ0n) is 10.9. The molecule has 0 saturated heterocycles. The molecule has 4 heteroatoms. The molecule has 0 bridgehead atoms. The van der Waals surface area contributed by atoms with Gasteiger partial charge in [-0.1, -0.05) is 12.1 Å². The number of hydrogen-bond donors (Lipinski definition) is 1. The van der Waals surface area contributed by atoms with E-state index in [9.17, 15) is 9.90 Å². The van der Waals surface area contributed by atoms with Gasteiger partial charge < -0.3 is 9.84 Å². The Morgan fingerprint density at radius 3 is 2.79 bits per heavy atom. The zero-order valence-corrected chi connectivity index (χ0v) is 11.7. The van der Waals surface area contributed by atoms with Crippen LogP contribution in [0.3, 0.4) is 0 Å². The fourth-order valence-electron chi connectivity index (χ4n) is 2.00. The number of aliphatic carboxylic acids is 1. The smallest absolute Gasteiger partial charge is 0.311 e. The molecule has 0 amide bonds. The summed E-state index contributed by atoms with van der Waals surface area (Å²) in [6.07, 6.45) is 0.520. The van der Waals surface area contributed by atoms with Crippen LogP contribution in [0, 0.1) is 6.92 Å². The number of aryl methyl sites for hydroxylation is 1. The minimum Gasteiger partial charge on any atom is -0.497 e. The molecule has 19 heavy (non-hydrogen) atoms. The first-order valence-electron chi connectivity index (χ1n) is 6.01. The van der Waals surface area contributed by atoms with Gasteiger partial charge in [-0.3, -0.25) is 4.79 Å². The standard InChI is InChI=1S/C15H16O3S/c1-10-6-7-19-14(10)9-13(15(16)17)11-4-3-5-12(8-11)18-2/h3-8,13H,9H2,1-2H3,(H,16,17). The first-order valence-corrected chi connectivity index (χ1v) is 6.89. The van der Waals surface area contributed by atoms with Crippen molar-refractivity contribution >= 4 is 17.3 Å². The van der Waals surface area contributed by atoms with Gasteiger partial charge in [0.25, 0.3) is 0 Å². The molecule has 1 aromatic carbocycles. The van der Waals surface area contributed by atoms with Gasteiger partial charge in [0, 0.05) is 4.88 Å². The first kappa shape index (κ1) is 13.6. The molecule has 0 aliphatic carbocycles. The average molecular weight is 276 g/mol. The summed E-state index contributed by atoms with van der Waals surface area (Å²) in [5.41, 5.74) is 1.93. The number of thiophene rings is 1. The van der Waals surface area contributed by atoms with Crippen LogP contribution >= 0.6 is 11.3 Å². The van der Waals surface area contributed by atoms with Crippen molar-refractivity contribution in [1.29, 1.82) is 0 Å². The quantitative estimate of drug-likeness (QED) is 0.909. The monoisotopic (exact) mass is 276 g/mol.